The number of likely N-dealkylation sites (tertiary alicyclic amines) is 1. The van der Waals surface area contributed by atoms with E-state index < -0.39 is 0 Å². The van der Waals surface area contributed by atoms with E-state index in [1.54, 1.807) is 4.90 Å². The number of rotatable bonds is 5. The van der Waals surface area contributed by atoms with Crippen LogP contribution in [0.25, 0.3) is 0 Å². The van der Waals surface area contributed by atoms with Crippen LogP contribution in [-0.2, 0) is 11.3 Å². The summed E-state index contributed by atoms with van der Waals surface area (Å²) in [4.78, 5) is 14.0. The van der Waals surface area contributed by atoms with E-state index in [2.05, 4.69) is 10.6 Å². The number of hydrogen-bond acceptors (Lipinski definition) is 4. The number of benzene rings is 2. The van der Waals surface area contributed by atoms with E-state index in [9.17, 15) is 4.79 Å². The molecule has 0 aromatic heterocycles. The zero-order chi connectivity index (χ0) is 19.1. The summed E-state index contributed by atoms with van der Waals surface area (Å²) in [5.74, 6) is 0. The van der Waals surface area contributed by atoms with E-state index in [-0.39, 0.29) is 11.2 Å². The van der Waals surface area contributed by atoms with Crippen LogP contribution in [-0.4, -0.2) is 35.2 Å². The van der Waals surface area contributed by atoms with Gasteiger partial charge in [0.15, 0.2) is 5.11 Å². The number of nitrogens with zero attached hydrogens (tertiary/aromatic N) is 1. The molecule has 6 nitrogen and oxygen atoms in total. The van der Waals surface area contributed by atoms with Gasteiger partial charge in [-0.15, -0.1) is 0 Å². The Morgan fingerprint density at radius 2 is 1.70 bits per heavy atom. The molecular formula is C20H24N4O2S. The Balaban J connectivity index is 1.41. The molecule has 2 aromatic rings. The van der Waals surface area contributed by atoms with Crippen LogP contribution >= 0.6 is 12.2 Å². The van der Waals surface area contributed by atoms with Crippen molar-refractivity contribution in [2.24, 2.45) is 5.73 Å². The normalized spacial score (nSPS) is 14.4. The Morgan fingerprint density at radius 1 is 1.07 bits per heavy atom. The summed E-state index contributed by atoms with van der Waals surface area (Å²) in [6.45, 7) is 1.68. The number of nitrogens with one attached hydrogen (secondary N) is 2. The highest BCUT2D eigenvalue weighted by atomic mass is 32.1. The molecule has 0 aliphatic carbocycles. The Bertz CT molecular complexity index is 759. The Labute approximate surface area is 164 Å². The van der Waals surface area contributed by atoms with Crippen LogP contribution in [0.15, 0.2) is 54.6 Å². The zero-order valence-corrected chi connectivity index (χ0v) is 15.9. The first kappa shape index (κ1) is 19.0. The maximum atomic E-state index is 12.2. The number of piperidine rings is 1. The number of nitrogens with two attached hydrogens (primary N) is 1. The summed E-state index contributed by atoms with van der Waals surface area (Å²) in [5.41, 5.74) is 8.36. The number of thiocarbonyl (C=S) groups is 1. The molecule has 0 unspecified atom stereocenters. The van der Waals surface area contributed by atoms with E-state index >= 15 is 0 Å². The number of ether oxygens (including phenoxy) is 1. The summed E-state index contributed by atoms with van der Waals surface area (Å²) in [6.07, 6.45) is 1.52. The monoisotopic (exact) mass is 384 g/mol. The third-order valence-electron chi connectivity index (χ3n) is 4.48. The van der Waals surface area contributed by atoms with Crippen molar-refractivity contribution in [3.05, 3.63) is 60.2 Å². The molecule has 4 N–H and O–H groups in total. The van der Waals surface area contributed by atoms with Crippen molar-refractivity contribution in [2.45, 2.75) is 25.5 Å². The van der Waals surface area contributed by atoms with Crippen LogP contribution in [0.5, 0.6) is 0 Å². The second kappa shape index (κ2) is 9.23. The average Bonchev–Trinajstić information content (AvgIpc) is 2.69. The van der Waals surface area contributed by atoms with Crippen molar-refractivity contribution in [3.63, 3.8) is 0 Å². The van der Waals surface area contributed by atoms with Crippen molar-refractivity contribution < 1.29 is 9.53 Å². The summed E-state index contributed by atoms with van der Waals surface area (Å²) in [7, 11) is 0. The summed E-state index contributed by atoms with van der Waals surface area (Å²) in [5, 5.41) is 6.66. The second-order valence-corrected chi connectivity index (χ2v) is 6.95. The van der Waals surface area contributed by atoms with Crippen molar-refractivity contribution in [3.8, 4) is 0 Å². The highest BCUT2D eigenvalue weighted by Crippen LogP contribution is 2.19. The number of carbonyl (C=O) groups excluding carboxylic acids is 1. The van der Waals surface area contributed by atoms with Gasteiger partial charge in [0.2, 0.25) is 0 Å². The van der Waals surface area contributed by atoms with Gasteiger partial charge >= 0.3 is 6.09 Å². The van der Waals surface area contributed by atoms with Crippen molar-refractivity contribution in [1.29, 1.82) is 0 Å². The quantitative estimate of drug-likeness (QED) is 0.684. The molecule has 0 atom stereocenters. The van der Waals surface area contributed by atoms with Gasteiger partial charge in [0.25, 0.3) is 0 Å². The van der Waals surface area contributed by atoms with Crippen molar-refractivity contribution >= 4 is 34.8 Å². The molecule has 1 aliphatic heterocycles. The fourth-order valence-electron chi connectivity index (χ4n) is 3.04. The van der Waals surface area contributed by atoms with Gasteiger partial charge in [-0.3, -0.25) is 0 Å². The second-order valence-electron chi connectivity index (χ2n) is 6.51. The molecule has 1 heterocycles. The molecule has 3 rings (SSSR count). The molecule has 1 aliphatic rings. The Morgan fingerprint density at radius 3 is 2.33 bits per heavy atom. The predicted octanol–water partition coefficient (Wildman–Crippen LogP) is 3.56. The number of amides is 1. The Hall–Kier alpha value is -2.80. The van der Waals surface area contributed by atoms with E-state index in [4.69, 9.17) is 22.7 Å². The molecule has 1 saturated heterocycles. The average molecular weight is 385 g/mol. The van der Waals surface area contributed by atoms with Gasteiger partial charge in [-0.1, -0.05) is 30.3 Å². The fourth-order valence-corrected chi connectivity index (χ4v) is 3.16. The highest BCUT2D eigenvalue weighted by Gasteiger charge is 2.23. The van der Waals surface area contributed by atoms with Gasteiger partial charge in [-0.25, -0.2) is 4.79 Å². The molecule has 1 amide bonds. The SMILES string of the molecule is NC(=S)Nc1ccc(NC2CCN(C(=O)OCc3ccccc3)CC2)cc1. The maximum Gasteiger partial charge on any atom is 0.410 e. The fraction of sp³-hybridized carbons (Fsp3) is 0.300. The van der Waals surface area contributed by atoms with Crippen molar-refractivity contribution in [2.75, 3.05) is 23.7 Å². The van der Waals surface area contributed by atoms with Crippen LogP contribution in [0.2, 0.25) is 0 Å². The minimum Gasteiger partial charge on any atom is -0.445 e. The van der Waals surface area contributed by atoms with Gasteiger partial charge in [-0.05, 0) is 54.9 Å². The standard InChI is InChI=1S/C20H24N4O2S/c21-19(27)23-17-8-6-16(7-9-17)22-18-10-12-24(13-11-18)20(25)26-14-15-4-2-1-3-5-15/h1-9,18,22H,10-14H2,(H3,21,23,27). The highest BCUT2D eigenvalue weighted by molar-refractivity contribution is 7.80. The smallest absolute Gasteiger partial charge is 0.410 e. The lowest BCUT2D eigenvalue weighted by atomic mass is 10.0. The topological polar surface area (TPSA) is 79.6 Å². The molecule has 27 heavy (non-hydrogen) atoms. The van der Waals surface area contributed by atoms with Gasteiger partial charge < -0.3 is 26.0 Å². The summed E-state index contributed by atoms with van der Waals surface area (Å²) in [6, 6.07) is 17.9. The minimum atomic E-state index is -0.245. The molecule has 1 fully saturated rings. The minimum absolute atomic E-state index is 0.245. The summed E-state index contributed by atoms with van der Waals surface area (Å²) < 4.78 is 5.40. The van der Waals surface area contributed by atoms with Crippen LogP contribution < -0.4 is 16.4 Å². The zero-order valence-electron chi connectivity index (χ0n) is 15.1. The third kappa shape index (κ3) is 5.86. The van der Waals surface area contributed by atoms with E-state index in [1.165, 1.54) is 0 Å². The third-order valence-corrected chi connectivity index (χ3v) is 4.58. The lowest BCUT2D eigenvalue weighted by Gasteiger charge is -2.32. The van der Waals surface area contributed by atoms with E-state index in [0.29, 0.717) is 25.7 Å². The molecule has 0 spiro atoms. The van der Waals surface area contributed by atoms with Crippen LogP contribution in [0, 0.1) is 0 Å². The Kier molecular flexibility index (Phi) is 6.49. The molecule has 2 aromatic carbocycles. The van der Waals surface area contributed by atoms with E-state index in [1.807, 2.05) is 54.6 Å². The lowest BCUT2D eigenvalue weighted by Crippen LogP contribution is -2.42. The van der Waals surface area contributed by atoms with Crippen LogP contribution in [0.1, 0.15) is 18.4 Å². The van der Waals surface area contributed by atoms with Crippen LogP contribution in [0.3, 0.4) is 0 Å². The van der Waals surface area contributed by atoms with Gasteiger partial charge in [0, 0.05) is 30.5 Å². The lowest BCUT2D eigenvalue weighted by molar-refractivity contribution is 0.0882. The molecule has 0 saturated carbocycles. The van der Waals surface area contributed by atoms with Gasteiger partial charge in [0.1, 0.15) is 6.61 Å². The largest absolute Gasteiger partial charge is 0.445 e. The maximum absolute atomic E-state index is 12.2. The van der Waals surface area contributed by atoms with Crippen molar-refractivity contribution in [1.82, 2.24) is 4.90 Å². The van der Waals surface area contributed by atoms with Gasteiger partial charge in [-0.2, -0.15) is 0 Å². The molecule has 142 valence electrons. The molecular weight excluding hydrogens is 360 g/mol. The first-order valence-corrected chi connectivity index (χ1v) is 9.39. The van der Waals surface area contributed by atoms with E-state index in [0.717, 1.165) is 29.8 Å². The molecule has 7 heteroatoms. The molecule has 0 bridgehead atoms. The predicted molar refractivity (Wildman–Crippen MR) is 112 cm³/mol. The summed E-state index contributed by atoms with van der Waals surface area (Å²) >= 11 is 4.83. The van der Waals surface area contributed by atoms with Crippen LogP contribution in [0.4, 0.5) is 16.2 Å². The number of anilines is 2. The first-order valence-electron chi connectivity index (χ1n) is 8.99. The number of carbonyl (C=O) groups is 1. The first-order chi connectivity index (χ1) is 13.1. The molecule has 0 radical (unpaired) electrons. The number of hydrogen-bond donors (Lipinski definition) is 3. The van der Waals surface area contributed by atoms with Gasteiger partial charge in [0.05, 0.1) is 0 Å².